The van der Waals surface area contributed by atoms with Gasteiger partial charge in [0.05, 0.1) is 0 Å². The summed E-state index contributed by atoms with van der Waals surface area (Å²) in [5, 5.41) is 0. The normalized spacial score (nSPS) is 16.5. The van der Waals surface area contributed by atoms with Crippen molar-refractivity contribution in [2.24, 2.45) is 5.73 Å². The number of ether oxygens (including phenoxy) is 1. The molecule has 1 saturated heterocycles. The third kappa shape index (κ3) is 6.94. The van der Waals surface area contributed by atoms with Crippen LogP contribution in [0.5, 0.6) is 0 Å². The Morgan fingerprint density at radius 1 is 1.22 bits per heavy atom. The third-order valence-corrected chi connectivity index (χ3v) is 4.60. The number of amides is 1. The molecule has 0 aliphatic carbocycles. The minimum absolute atomic E-state index is 0.302. The molecule has 27 heavy (non-hydrogen) atoms. The van der Waals surface area contributed by atoms with Gasteiger partial charge in [-0.05, 0) is 31.6 Å². The maximum absolute atomic E-state index is 11.3. The number of benzene rings is 1. The predicted molar refractivity (Wildman–Crippen MR) is 110 cm³/mol. The van der Waals surface area contributed by atoms with Crippen LogP contribution in [-0.4, -0.2) is 48.6 Å². The zero-order valence-corrected chi connectivity index (χ0v) is 16.4. The number of piperazine rings is 1. The fourth-order valence-corrected chi connectivity index (χ4v) is 3.29. The Kier molecular flexibility index (Phi) is 8.14. The number of rotatable bonds is 8. The molecule has 0 radical (unpaired) electrons. The Morgan fingerprint density at radius 2 is 1.89 bits per heavy atom. The van der Waals surface area contributed by atoms with Gasteiger partial charge in [0, 0.05) is 44.8 Å². The summed E-state index contributed by atoms with van der Waals surface area (Å²) in [6.45, 7) is 12.8. The molecule has 2 rings (SSSR count). The second-order valence-electron chi connectivity index (χ2n) is 7.00. The zero-order valence-electron chi connectivity index (χ0n) is 16.4. The van der Waals surface area contributed by atoms with Crippen molar-refractivity contribution in [1.82, 2.24) is 9.80 Å². The van der Waals surface area contributed by atoms with E-state index in [1.54, 1.807) is 0 Å². The molecule has 1 atom stereocenters. The van der Waals surface area contributed by atoms with Gasteiger partial charge in [-0.1, -0.05) is 48.6 Å². The van der Waals surface area contributed by atoms with Crippen LogP contribution in [0, 0.1) is 0 Å². The lowest BCUT2D eigenvalue weighted by Gasteiger charge is -2.37. The quantitative estimate of drug-likeness (QED) is 0.707. The Morgan fingerprint density at radius 3 is 2.44 bits per heavy atom. The molecule has 1 aromatic carbocycles. The summed E-state index contributed by atoms with van der Waals surface area (Å²) >= 11 is 0. The van der Waals surface area contributed by atoms with Gasteiger partial charge >= 0.3 is 6.09 Å². The van der Waals surface area contributed by atoms with E-state index in [-0.39, 0.29) is 6.10 Å². The highest BCUT2D eigenvalue weighted by atomic mass is 16.6. The lowest BCUT2D eigenvalue weighted by atomic mass is 10.1. The number of carbonyl (C=O) groups excluding carboxylic acids is 1. The van der Waals surface area contributed by atoms with Crippen molar-refractivity contribution in [2.45, 2.75) is 26.4 Å². The summed E-state index contributed by atoms with van der Waals surface area (Å²) < 4.78 is 5.34. The molecule has 1 fully saturated rings. The van der Waals surface area contributed by atoms with E-state index in [0.717, 1.165) is 44.7 Å². The van der Waals surface area contributed by atoms with Crippen molar-refractivity contribution in [3.05, 3.63) is 72.0 Å². The minimum atomic E-state index is -0.727. The van der Waals surface area contributed by atoms with Crippen molar-refractivity contribution in [3.8, 4) is 0 Å². The lowest BCUT2D eigenvalue weighted by molar-refractivity contribution is 0.0840. The maximum atomic E-state index is 11.3. The summed E-state index contributed by atoms with van der Waals surface area (Å²) in [5.74, 6) is 0. The van der Waals surface area contributed by atoms with E-state index in [9.17, 15) is 4.79 Å². The molecular weight excluding hydrogens is 338 g/mol. The standard InChI is InChI=1S/C22H31N3O2/c1-4-8-20(17-18(2)3)25-15-13-24(14-16-25)12-11-21(27-22(23)26)19-9-6-5-7-10-19/h4-10,17,21H,1,11-16H2,2-3H3,(H2,23,26)/b20-8+. The van der Waals surface area contributed by atoms with Crippen LogP contribution in [0.4, 0.5) is 4.79 Å². The topological polar surface area (TPSA) is 58.8 Å². The number of hydrogen-bond acceptors (Lipinski definition) is 4. The maximum Gasteiger partial charge on any atom is 0.405 e. The molecular formula is C22H31N3O2. The first-order chi connectivity index (χ1) is 13.0. The molecule has 0 aromatic heterocycles. The van der Waals surface area contributed by atoms with E-state index in [0.29, 0.717) is 0 Å². The molecule has 1 aliphatic rings. The van der Waals surface area contributed by atoms with Crippen molar-refractivity contribution in [2.75, 3.05) is 32.7 Å². The summed E-state index contributed by atoms with van der Waals surface area (Å²) in [6, 6.07) is 9.78. The highest BCUT2D eigenvalue weighted by Gasteiger charge is 2.21. The summed E-state index contributed by atoms with van der Waals surface area (Å²) in [4.78, 5) is 16.1. The van der Waals surface area contributed by atoms with E-state index in [1.807, 2.05) is 36.4 Å². The van der Waals surface area contributed by atoms with Gasteiger partial charge in [-0.2, -0.15) is 0 Å². The van der Waals surface area contributed by atoms with Crippen molar-refractivity contribution in [1.29, 1.82) is 0 Å². The molecule has 0 spiro atoms. The van der Waals surface area contributed by atoms with Gasteiger partial charge in [0.1, 0.15) is 6.10 Å². The highest BCUT2D eigenvalue weighted by Crippen LogP contribution is 2.22. The molecule has 5 heteroatoms. The number of nitrogens with zero attached hydrogens (tertiary/aromatic N) is 2. The fraction of sp³-hybridized carbons (Fsp3) is 0.409. The van der Waals surface area contributed by atoms with Gasteiger partial charge in [-0.3, -0.25) is 4.90 Å². The Balaban J connectivity index is 1.90. The van der Waals surface area contributed by atoms with E-state index in [1.165, 1.54) is 11.3 Å². The van der Waals surface area contributed by atoms with Gasteiger partial charge < -0.3 is 15.4 Å². The highest BCUT2D eigenvalue weighted by molar-refractivity contribution is 5.65. The first-order valence-corrected chi connectivity index (χ1v) is 9.45. The molecule has 1 aliphatic heterocycles. The van der Waals surface area contributed by atoms with Crippen LogP contribution in [0.3, 0.4) is 0 Å². The van der Waals surface area contributed by atoms with E-state index in [4.69, 9.17) is 10.5 Å². The summed E-state index contributed by atoms with van der Waals surface area (Å²) in [6.07, 6.45) is 5.81. The summed E-state index contributed by atoms with van der Waals surface area (Å²) in [7, 11) is 0. The van der Waals surface area contributed by atoms with Crippen LogP contribution >= 0.6 is 0 Å². The number of allylic oxidation sites excluding steroid dienone is 4. The van der Waals surface area contributed by atoms with Gasteiger partial charge in [-0.25, -0.2) is 4.79 Å². The predicted octanol–water partition coefficient (Wildman–Crippen LogP) is 3.87. The van der Waals surface area contributed by atoms with Gasteiger partial charge in [0.15, 0.2) is 0 Å². The Bertz CT molecular complexity index is 670. The van der Waals surface area contributed by atoms with E-state index < -0.39 is 6.09 Å². The van der Waals surface area contributed by atoms with Crippen LogP contribution in [-0.2, 0) is 4.74 Å². The van der Waals surface area contributed by atoms with Crippen molar-refractivity contribution < 1.29 is 9.53 Å². The van der Waals surface area contributed by atoms with Gasteiger partial charge in [0.2, 0.25) is 0 Å². The van der Waals surface area contributed by atoms with E-state index in [2.05, 4.69) is 42.4 Å². The number of nitrogens with two attached hydrogens (primary N) is 1. The average Bonchev–Trinajstić information content (AvgIpc) is 2.65. The number of carbonyl (C=O) groups is 1. The smallest absolute Gasteiger partial charge is 0.405 e. The fourth-order valence-electron chi connectivity index (χ4n) is 3.29. The second kappa shape index (κ2) is 10.6. The summed E-state index contributed by atoms with van der Waals surface area (Å²) in [5.41, 5.74) is 8.73. The third-order valence-electron chi connectivity index (χ3n) is 4.60. The number of primary amides is 1. The molecule has 146 valence electrons. The van der Waals surface area contributed by atoms with Crippen LogP contribution in [0.2, 0.25) is 0 Å². The van der Waals surface area contributed by atoms with Gasteiger partial charge in [0.25, 0.3) is 0 Å². The molecule has 0 saturated carbocycles. The molecule has 0 bridgehead atoms. The molecule has 5 nitrogen and oxygen atoms in total. The van der Waals surface area contributed by atoms with Crippen LogP contribution < -0.4 is 5.73 Å². The zero-order chi connectivity index (χ0) is 19.6. The number of hydrogen-bond donors (Lipinski definition) is 1. The second-order valence-corrected chi connectivity index (χ2v) is 7.00. The first kappa shape index (κ1) is 20.8. The largest absolute Gasteiger partial charge is 0.441 e. The van der Waals surface area contributed by atoms with E-state index >= 15 is 0 Å². The lowest BCUT2D eigenvalue weighted by Crippen LogP contribution is -2.46. The van der Waals surface area contributed by atoms with Crippen LogP contribution in [0.25, 0.3) is 0 Å². The molecule has 2 N–H and O–H groups in total. The first-order valence-electron chi connectivity index (χ1n) is 9.45. The van der Waals surface area contributed by atoms with Crippen molar-refractivity contribution >= 4 is 6.09 Å². The average molecular weight is 370 g/mol. The monoisotopic (exact) mass is 369 g/mol. The SMILES string of the molecule is C=C/C=C(\C=C(C)C)N1CCN(CCC(OC(N)=O)c2ccccc2)CC1. The Hall–Kier alpha value is -2.53. The Labute approximate surface area is 162 Å². The van der Waals surface area contributed by atoms with Crippen LogP contribution in [0.1, 0.15) is 31.9 Å². The molecule has 1 amide bonds. The minimum Gasteiger partial charge on any atom is -0.441 e. The molecule has 1 unspecified atom stereocenters. The van der Waals surface area contributed by atoms with Crippen molar-refractivity contribution in [3.63, 3.8) is 0 Å². The van der Waals surface area contributed by atoms with Gasteiger partial charge in [-0.15, -0.1) is 0 Å². The molecule has 1 aromatic rings. The van der Waals surface area contributed by atoms with Crippen LogP contribution in [0.15, 0.2) is 66.4 Å². The molecule has 1 heterocycles.